The number of Topliss-reactive ketones (excluding diaryl/α,β-unsaturated/α-hetero) is 1. The molecule has 0 heterocycles. The standard InChI is InChI=1S/C24H46O2Si/c1-18(19-13-14-20-21(25)12-10-16-24(19,20)6)11-9-15-22(2,3)17-23(4,5)27(7,8)26/h18-20,26H,9-17H2,1-8H3/t18-,19+,20-,24+/m0/s1. The fourth-order valence-corrected chi connectivity index (χ4v) is 7.42. The van der Waals surface area contributed by atoms with E-state index in [9.17, 15) is 9.59 Å². The molecule has 0 amide bonds. The van der Waals surface area contributed by atoms with E-state index in [1.54, 1.807) is 0 Å². The van der Waals surface area contributed by atoms with Crippen molar-refractivity contribution in [1.29, 1.82) is 0 Å². The van der Waals surface area contributed by atoms with Crippen LogP contribution < -0.4 is 0 Å². The zero-order chi connectivity index (χ0) is 20.7. The Labute approximate surface area is 170 Å². The molecule has 0 bridgehead atoms. The molecule has 2 fully saturated rings. The van der Waals surface area contributed by atoms with Gasteiger partial charge in [-0.3, -0.25) is 4.79 Å². The second kappa shape index (κ2) is 7.93. The number of fused-ring (bicyclic) bond motifs is 1. The maximum absolute atomic E-state index is 12.4. The third-order valence-electron chi connectivity index (χ3n) is 8.71. The summed E-state index contributed by atoms with van der Waals surface area (Å²) < 4.78 is 0. The molecule has 0 spiro atoms. The lowest BCUT2D eigenvalue weighted by Crippen LogP contribution is -2.41. The second-order valence-corrected chi connectivity index (χ2v) is 16.7. The van der Waals surface area contributed by atoms with Crippen LogP contribution in [-0.4, -0.2) is 18.9 Å². The van der Waals surface area contributed by atoms with Crippen molar-refractivity contribution in [1.82, 2.24) is 0 Å². The third-order valence-corrected chi connectivity index (χ3v) is 12.2. The zero-order valence-corrected chi connectivity index (χ0v) is 20.5. The minimum absolute atomic E-state index is 0.0523. The van der Waals surface area contributed by atoms with Crippen molar-refractivity contribution in [3.63, 3.8) is 0 Å². The lowest BCUT2D eigenvalue weighted by atomic mass is 9.62. The van der Waals surface area contributed by atoms with Gasteiger partial charge in [-0.25, -0.2) is 0 Å². The maximum atomic E-state index is 12.4. The van der Waals surface area contributed by atoms with Crippen molar-refractivity contribution in [3.05, 3.63) is 0 Å². The number of hydrogen-bond acceptors (Lipinski definition) is 2. The molecule has 0 unspecified atom stereocenters. The van der Waals surface area contributed by atoms with Gasteiger partial charge in [0.05, 0.1) is 0 Å². The zero-order valence-electron chi connectivity index (χ0n) is 19.5. The Morgan fingerprint density at radius 1 is 1.22 bits per heavy atom. The number of ketones is 1. The Morgan fingerprint density at radius 3 is 2.44 bits per heavy atom. The number of carbonyl (C=O) groups is 1. The Morgan fingerprint density at radius 2 is 1.85 bits per heavy atom. The first kappa shape index (κ1) is 23.1. The van der Waals surface area contributed by atoms with Crippen molar-refractivity contribution in [2.45, 2.75) is 117 Å². The summed E-state index contributed by atoms with van der Waals surface area (Å²) in [5.74, 6) is 2.36. The third kappa shape index (κ3) is 5.07. The van der Waals surface area contributed by atoms with Gasteiger partial charge in [0.15, 0.2) is 8.32 Å². The summed E-state index contributed by atoms with van der Waals surface area (Å²) in [6.07, 6.45) is 10.5. The van der Waals surface area contributed by atoms with Crippen molar-refractivity contribution < 1.29 is 9.59 Å². The van der Waals surface area contributed by atoms with Crippen molar-refractivity contribution in [2.24, 2.45) is 28.6 Å². The highest BCUT2D eigenvalue weighted by molar-refractivity contribution is 6.72. The van der Waals surface area contributed by atoms with Crippen LogP contribution in [0, 0.1) is 28.6 Å². The normalized spacial score (nSPS) is 31.1. The Hall–Kier alpha value is -0.153. The number of carbonyl (C=O) groups excluding carboxylic acids is 1. The fraction of sp³-hybridized carbons (Fsp3) is 0.958. The molecule has 27 heavy (non-hydrogen) atoms. The molecule has 1 N–H and O–H groups in total. The van der Waals surface area contributed by atoms with Crippen molar-refractivity contribution in [3.8, 4) is 0 Å². The molecule has 0 radical (unpaired) electrons. The van der Waals surface area contributed by atoms with E-state index in [1.165, 1.54) is 32.1 Å². The molecule has 2 nitrogen and oxygen atoms in total. The molecule has 2 aliphatic carbocycles. The SMILES string of the molecule is C[C@@H](CCCC(C)(C)CC(C)(C)[Si](C)(C)O)[C@H]1CC[C@H]2C(=O)CCC[C@]12C. The van der Waals surface area contributed by atoms with Crippen LogP contribution in [0.5, 0.6) is 0 Å². The lowest BCUT2D eigenvalue weighted by Gasteiger charge is -2.43. The lowest BCUT2D eigenvalue weighted by molar-refractivity contribution is -0.130. The van der Waals surface area contributed by atoms with Gasteiger partial charge in [-0.1, -0.05) is 54.4 Å². The van der Waals surface area contributed by atoms with Crippen LogP contribution in [0.4, 0.5) is 0 Å². The topological polar surface area (TPSA) is 37.3 Å². The van der Waals surface area contributed by atoms with Crippen LogP contribution in [0.15, 0.2) is 0 Å². The average Bonchev–Trinajstić information content (AvgIpc) is 2.83. The summed E-state index contributed by atoms with van der Waals surface area (Å²) >= 11 is 0. The Bertz CT molecular complexity index is 531. The van der Waals surface area contributed by atoms with E-state index in [4.69, 9.17) is 0 Å². The van der Waals surface area contributed by atoms with E-state index in [-0.39, 0.29) is 15.9 Å². The molecule has 0 aromatic rings. The predicted molar refractivity (Wildman–Crippen MR) is 118 cm³/mol. The van der Waals surface area contributed by atoms with E-state index in [2.05, 4.69) is 54.6 Å². The summed E-state index contributed by atoms with van der Waals surface area (Å²) in [6.45, 7) is 18.3. The van der Waals surface area contributed by atoms with Crippen LogP contribution in [0.1, 0.15) is 99.3 Å². The van der Waals surface area contributed by atoms with Crippen LogP contribution in [-0.2, 0) is 4.79 Å². The Balaban J connectivity index is 1.89. The van der Waals surface area contributed by atoms with E-state index >= 15 is 0 Å². The smallest absolute Gasteiger partial charge is 0.188 e. The summed E-state index contributed by atoms with van der Waals surface area (Å²) in [5.41, 5.74) is 0.553. The van der Waals surface area contributed by atoms with Gasteiger partial charge in [0, 0.05) is 12.3 Å². The maximum Gasteiger partial charge on any atom is 0.188 e. The molecular weight excluding hydrogens is 348 g/mol. The van der Waals surface area contributed by atoms with Crippen LogP contribution in [0.25, 0.3) is 0 Å². The van der Waals surface area contributed by atoms with Gasteiger partial charge in [0.1, 0.15) is 5.78 Å². The molecule has 0 saturated heterocycles. The van der Waals surface area contributed by atoms with Gasteiger partial charge in [0.25, 0.3) is 0 Å². The van der Waals surface area contributed by atoms with E-state index in [1.807, 2.05) is 0 Å². The number of hydrogen-bond donors (Lipinski definition) is 1. The molecule has 2 rings (SSSR count). The van der Waals surface area contributed by atoms with Crippen LogP contribution in [0.2, 0.25) is 18.1 Å². The summed E-state index contributed by atoms with van der Waals surface area (Å²) in [5, 5.41) is 0.0523. The highest BCUT2D eigenvalue weighted by atomic mass is 28.4. The highest BCUT2D eigenvalue weighted by Gasteiger charge is 2.52. The highest BCUT2D eigenvalue weighted by Crippen LogP contribution is 2.57. The van der Waals surface area contributed by atoms with Crippen LogP contribution in [0.3, 0.4) is 0 Å². The summed E-state index contributed by atoms with van der Waals surface area (Å²) in [4.78, 5) is 23.0. The first-order valence-electron chi connectivity index (χ1n) is 11.4. The molecule has 3 heteroatoms. The predicted octanol–water partition coefficient (Wildman–Crippen LogP) is 6.97. The Kier molecular flexibility index (Phi) is 6.80. The van der Waals surface area contributed by atoms with Gasteiger partial charge < -0.3 is 4.80 Å². The van der Waals surface area contributed by atoms with Gasteiger partial charge in [-0.05, 0) is 79.3 Å². The fourth-order valence-electron chi connectivity index (χ4n) is 6.51. The average molecular weight is 395 g/mol. The van der Waals surface area contributed by atoms with Gasteiger partial charge in [-0.15, -0.1) is 0 Å². The van der Waals surface area contributed by atoms with Gasteiger partial charge >= 0.3 is 0 Å². The van der Waals surface area contributed by atoms with Crippen molar-refractivity contribution in [2.75, 3.05) is 0 Å². The minimum Gasteiger partial charge on any atom is -0.432 e. The first-order chi connectivity index (χ1) is 12.2. The second-order valence-electron chi connectivity index (χ2n) is 12.2. The largest absolute Gasteiger partial charge is 0.432 e. The van der Waals surface area contributed by atoms with Gasteiger partial charge in [-0.2, -0.15) is 0 Å². The summed E-state index contributed by atoms with van der Waals surface area (Å²) in [6, 6.07) is 0. The quantitative estimate of drug-likeness (QED) is 0.451. The number of rotatable bonds is 8. The molecule has 0 aromatic carbocycles. The molecular formula is C24H46O2Si. The molecule has 2 saturated carbocycles. The summed E-state index contributed by atoms with van der Waals surface area (Å²) in [7, 11) is -2.14. The van der Waals surface area contributed by atoms with E-state index in [0.717, 1.165) is 37.5 Å². The molecule has 0 aliphatic heterocycles. The minimum atomic E-state index is -2.14. The molecule has 4 atom stereocenters. The van der Waals surface area contributed by atoms with E-state index in [0.29, 0.717) is 11.7 Å². The van der Waals surface area contributed by atoms with E-state index < -0.39 is 8.32 Å². The first-order valence-corrected chi connectivity index (χ1v) is 14.4. The molecule has 2 aliphatic rings. The van der Waals surface area contributed by atoms with Crippen molar-refractivity contribution >= 4 is 14.1 Å². The van der Waals surface area contributed by atoms with Gasteiger partial charge in [0.2, 0.25) is 0 Å². The molecule has 158 valence electrons. The molecule has 0 aromatic heterocycles. The monoisotopic (exact) mass is 394 g/mol. The van der Waals surface area contributed by atoms with Crippen LogP contribution >= 0.6 is 0 Å².